The van der Waals surface area contributed by atoms with E-state index in [9.17, 15) is 0 Å². The Hall–Kier alpha value is -1.35. The van der Waals surface area contributed by atoms with Crippen LogP contribution in [0.1, 0.15) is 18.2 Å². The summed E-state index contributed by atoms with van der Waals surface area (Å²) in [4.78, 5) is 4.28. The van der Waals surface area contributed by atoms with Gasteiger partial charge in [0.15, 0.2) is 11.5 Å². The number of hydrogen-bond donors (Lipinski definition) is 1. The van der Waals surface area contributed by atoms with E-state index in [1.807, 2.05) is 31.4 Å². The molecule has 2 rings (SSSR count). The summed E-state index contributed by atoms with van der Waals surface area (Å²) in [6.45, 7) is 4.50. The van der Waals surface area contributed by atoms with Gasteiger partial charge in [-0.2, -0.15) is 5.10 Å². The van der Waals surface area contributed by atoms with Gasteiger partial charge in [-0.05, 0) is 54.1 Å². The summed E-state index contributed by atoms with van der Waals surface area (Å²) < 4.78 is 11.9. The van der Waals surface area contributed by atoms with Crippen LogP contribution in [0.2, 0.25) is 0 Å². The first-order valence-corrected chi connectivity index (χ1v) is 8.31. The molecule has 7 heteroatoms. The van der Waals surface area contributed by atoms with Gasteiger partial charge >= 0.3 is 0 Å². The van der Waals surface area contributed by atoms with Crippen molar-refractivity contribution in [1.82, 2.24) is 4.98 Å². The summed E-state index contributed by atoms with van der Waals surface area (Å²) in [5.74, 6) is 1.47. The first-order valence-electron chi connectivity index (χ1n) is 6.35. The van der Waals surface area contributed by atoms with Crippen LogP contribution >= 0.6 is 33.9 Å². The van der Waals surface area contributed by atoms with E-state index in [2.05, 4.69) is 38.1 Å². The molecule has 21 heavy (non-hydrogen) atoms. The number of rotatable bonds is 6. The molecule has 1 aromatic carbocycles. The molecular formula is C14H16IN3O2S. The molecule has 0 bridgehead atoms. The Morgan fingerprint density at radius 3 is 2.90 bits per heavy atom. The second kappa shape index (κ2) is 7.60. The van der Waals surface area contributed by atoms with Crippen LogP contribution < -0.4 is 14.9 Å². The summed E-state index contributed by atoms with van der Waals surface area (Å²) in [5.41, 5.74) is 4.83. The maximum absolute atomic E-state index is 5.59. The lowest BCUT2D eigenvalue weighted by molar-refractivity contribution is 0.308. The molecule has 5 nitrogen and oxygen atoms in total. The average Bonchev–Trinajstić information content (AvgIpc) is 2.87. The number of methoxy groups -OCH3 is 1. The SMILES string of the molecule is CCOc1c(I)cc(C=NNc2nc(C)cs2)cc1OC. The zero-order chi connectivity index (χ0) is 15.2. The van der Waals surface area contributed by atoms with E-state index in [0.717, 1.165) is 25.7 Å². The Kier molecular flexibility index (Phi) is 5.80. The number of thiazole rings is 1. The minimum absolute atomic E-state index is 0.602. The predicted octanol–water partition coefficient (Wildman–Crippen LogP) is 3.91. The molecule has 0 unspecified atom stereocenters. The van der Waals surface area contributed by atoms with Crippen molar-refractivity contribution in [2.75, 3.05) is 19.1 Å². The van der Waals surface area contributed by atoms with Crippen LogP contribution in [-0.4, -0.2) is 24.9 Å². The summed E-state index contributed by atoms with van der Waals surface area (Å²) in [7, 11) is 1.63. The highest BCUT2D eigenvalue weighted by Gasteiger charge is 2.10. The molecular weight excluding hydrogens is 401 g/mol. The number of aromatic nitrogens is 1. The summed E-state index contributed by atoms with van der Waals surface area (Å²) >= 11 is 3.75. The van der Waals surface area contributed by atoms with Crippen molar-refractivity contribution in [1.29, 1.82) is 0 Å². The van der Waals surface area contributed by atoms with Crippen molar-refractivity contribution < 1.29 is 9.47 Å². The Morgan fingerprint density at radius 1 is 1.48 bits per heavy atom. The smallest absolute Gasteiger partial charge is 0.203 e. The summed E-state index contributed by atoms with van der Waals surface area (Å²) in [6, 6.07) is 3.89. The lowest BCUT2D eigenvalue weighted by atomic mass is 10.2. The third-order valence-electron chi connectivity index (χ3n) is 2.53. The van der Waals surface area contributed by atoms with Gasteiger partial charge in [-0.1, -0.05) is 0 Å². The molecule has 1 N–H and O–H groups in total. The van der Waals surface area contributed by atoms with Gasteiger partial charge in [0.25, 0.3) is 0 Å². The van der Waals surface area contributed by atoms with Gasteiger partial charge in [-0.15, -0.1) is 11.3 Å². The fourth-order valence-electron chi connectivity index (χ4n) is 1.67. The molecule has 2 aromatic rings. The molecule has 1 aromatic heterocycles. The van der Waals surface area contributed by atoms with Gasteiger partial charge in [0.1, 0.15) is 0 Å². The number of benzene rings is 1. The van der Waals surface area contributed by atoms with Crippen molar-refractivity contribution >= 4 is 45.3 Å². The minimum atomic E-state index is 0.602. The molecule has 0 spiro atoms. The number of aryl methyl sites for hydroxylation is 1. The van der Waals surface area contributed by atoms with Crippen LogP contribution in [0.15, 0.2) is 22.6 Å². The molecule has 0 fully saturated rings. The first-order chi connectivity index (χ1) is 10.1. The van der Waals surface area contributed by atoms with Crippen LogP contribution in [0.4, 0.5) is 5.13 Å². The minimum Gasteiger partial charge on any atom is -0.493 e. The van der Waals surface area contributed by atoms with E-state index in [4.69, 9.17) is 9.47 Å². The summed E-state index contributed by atoms with van der Waals surface area (Å²) in [5, 5.41) is 6.94. The Balaban J connectivity index is 2.14. The molecule has 0 atom stereocenters. The van der Waals surface area contributed by atoms with Crippen LogP contribution in [0.5, 0.6) is 11.5 Å². The number of anilines is 1. The Morgan fingerprint density at radius 2 is 2.29 bits per heavy atom. The highest BCUT2D eigenvalue weighted by atomic mass is 127. The van der Waals surface area contributed by atoms with Crippen molar-refractivity contribution in [3.8, 4) is 11.5 Å². The fraction of sp³-hybridized carbons (Fsp3) is 0.286. The molecule has 0 saturated heterocycles. The molecule has 0 aliphatic carbocycles. The summed E-state index contributed by atoms with van der Waals surface area (Å²) in [6.07, 6.45) is 1.73. The largest absolute Gasteiger partial charge is 0.493 e. The van der Waals surface area contributed by atoms with Crippen LogP contribution in [0.3, 0.4) is 0 Å². The van der Waals surface area contributed by atoms with Crippen molar-refractivity contribution in [3.63, 3.8) is 0 Å². The zero-order valence-corrected chi connectivity index (χ0v) is 15.0. The lowest BCUT2D eigenvalue weighted by Gasteiger charge is -2.11. The zero-order valence-electron chi connectivity index (χ0n) is 12.0. The van der Waals surface area contributed by atoms with Crippen molar-refractivity contribution in [3.05, 3.63) is 32.3 Å². The van der Waals surface area contributed by atoms with E-state index in [0.29, 0.717) is 12.4 Å². The number of nitrogens with one attached hydrogen (secondary N) is 1. The topological polar surface area (TPSA) is 55.7 Å². The van der Waals surface area contributed by atoms with Gasteiger partial charge in [-0.3, -0.25) is 5.43 Å². The van der Waals surface area contributed by atoms with Crippen molar-refractivity contribution in [2.24, 2.45) is 5.10 Å². The Bertz CT molecular complexity index is 643. The van der Waals surface area contributed by atoms with Crippen molar-refractivity contribution in [2.45, 2.75) is 13.8 Å². The quantitative estimate of drug-likeness (QED) is 0.440. The Labute approximate surface area is 141 Å². The van der Waals surface area contributed by atoms with Gasteiger partial charge < -0.3 is 9.47 Å². The molecule has 0 amide bonds. The average molecular weight is 417 g/mol. The highest BCUT2D eigenvalue weighted by molar-refractivity contribution is 14.1. The van der Waals surface area contributed by atoms with Crippen LogP contribution in [0.25, 0.3) is 0 Å². The van der Waals surface area contributed by atoms with Crippen LogP contribution in [0, 0.1) is 10.5 Å². The maximum atomic E-state index is 5.59. The predicted molar refractivity (Wildman–Crippen MR) is 94.9 cm³/mol. The molecule has 0 radical (unpaired) electrons. The van der Waals surface area contributed by atoms with E-state index in [-0.39, 0.29) is 0 Å². The van der Waals surface area contributed by atoms with E-state index >= 15 is 0 Å². The van der Waals surface area contributed by atoms with Gasteiger partial charge in [-0.25, -0.2) is 4.98 Å². The normalized spacial score (nSPS) is 10.9. The number of hydrazone groups is 1. The first kappa shape index (κ1) is 16.0. The second-order valence-corrected chi connectivity index (χ2v) is 6.15. The molecule has 0 saturated carbocycles. The standard InChI is InChI=1S/C14H16IN3O2S/c1-4-20-13-11(15)5-10(6-12(13)19-3)7-16-18-14-17-9(2)8-21-14/h5-8H,4H2,1-3H3,(H,17,18). The van der Waals surface area contributed by atoms with Gasteiger partial charge in [0, 0.05) is 5.38 Å². The number of ether oxygens (including phenoxy) is 2. The number of nitrogens with zero attached hydrogens (tertiary/aromatic N) is 2. The number of hydrogen-bond acceptors (Lipinski definition) is 6. The molecule has 112 valence electrons. The molecule has 0 aliphatic heterocycles. The monoisotopic (exact) mass is 417 g/mol. The second-order valence-electron chi connectivity index (χ2n) is 4.13. The fourth-order valence-corrected chi connectivity index (χ4v) is 3.08. The highest BCUT2D eigenvalue weighted by Crippen LogP contribution is 2.33. The van der Waals surface area contributed by atoms with Crippen LogP contribution in [-0.2, 0) is 0 Å². The van der Waals surface area contributed by atoms with E-state index < -0.39 is 0 Å². The third kappa shape index (κ3) is 4.31. The van der Waals surface area contributed by atoms with E-state index in [1.54, 1.807) is 13.3 Å². The molecule has 1 heterocycles. The van der Waals surface area contributed by atoms with Gasteiger partial charge in [0.05, 0.1) is 29.2 Å². The lowest BCUT2D eigenvalue weighted by Crippen LogP contribution is -1.99. The maximum Gasteiger partial charge on any atom is 0.203 e. The molecule has 0 aliphatic rings. The number of halogens is 1. The third-order valence-corrected chi connectivity index (χ3v) is 4.20. The van der Waals surface area contributed by atoms with E-state index in [1.165, 1.54) is 11.3 Å². The van der Waals surface area contributed by atoms with Gasteiger partial charge in [0.2, 0.25) is 5.13 Å².